The normalized spacial score (nSPS) is 12.3. The number of fused-ring (bicyclic) bond motifs is 1. The third-order valence-corrected chi connectivity index (χ3v) is 7.98. The van der Waals surface area contributed by atoms with Gasteiger partial charge in [-0.2, -0.15) is 0 Å². The fourth-order valence-corrected chi connectivity index (χ4v) is 5.46. The first-order chi connectivity index (χ1) is 22.3. The Hall–Kier alpha value is -5.08. The van der Waals surface area contributed by atoms with Crippen LogP contribution in [0.3, 0.4) is 0 Å². The van der Waals surface area contributed by atoms with E-state index >= 15 is 0 Å². The van der Waals surface area contributed by atoms with Gasteiger partial charge in [0.2, 0.25) is 33.7 Å². The Balaban J connectivity index is 1.83. The molecule has 47 heavy (non-hydrogen) atoms. The summed E-state index contributed by atoms with van der Waals surface area (Å²) in [5.74, 6) is -2.94. The van der Waals surface area contributed by atoms with E-state index in [0.717, 1.165) is 0 Å². The molecule has 2 atom stereocenters. The molecule has 0 bridgehead atoms. The Morgan fingerprint density at radius 3 is 2.11 bits per heavy atom. The standard InChI is InChI=1S/C27H43N13O6S/c28-24(43)19(5-2-9-35-26(29)30)40-25(44)20(6-3-10-36-27(31)32)39-23(42)16-37-22(41)15-34-12-13-38-47(45,46)21-7-1-4-17-14-33-11-8-18(17)21/h1,4,7-8,11,14,19-20,34,38H,2-3,5-6,9-10,12-13,15-16H2,(H2,28,43)(H,37,41)(H,39,42)(H,40,44)(H4,29,30,35)(H4,31,32,36)/t19-,20-/m1/s1. The number of benzene rings is 1. The number of rotatable bonds is 21. The van der Waals surface area contributed by atoms with Crippen LogP contribution in [-0.2, 0) is 29.2 Å². The van der Waals surface area contributed by atoms with Gasteiger partial charge in [0.25, 0.3) is 0 Å². The lowest BCUT2D eigenvalue weighted by atomic mass is 10.1. The lowest BCUT2D eigenvalue weighted by Crippen LogP contribution is -2.54. The predicted molar refractivity (Wildman–Crippen MR) is 176 cm³/mol. The molecular weight excluding hydrogens is 634 g/mol. The number of nitrogens with zero attached hydrogens (tertiary/aromatic N) is 3. The summed E-state index contributed by atoms with van der Waals surface area (Å²) in [6, 6.07) is 4.33. The van der Waals surface area contributed by atoms with Crippen LogP contribution in [0, 0.1) is 0 Å². The monoisotopic (exact) mass is 677 g/mol. The summed E-state index contributed by atoms with van der Waals surface area (Å²) < 4.78 is 28.0. The summed E-state index contributed by atoms with van der Waals surface area (Å²) in [7, 11) is -3.83. The summed E-state index contributed by atoms with van der Waals surface area (Å²) in [4.78, 5) is 61.5. The van der Waals surface area contributed by atoms with Crippen LogP contribution < -0.4 is 54.7 Å². The average molecular weight is 678 g/mol. The molecule has 0 saturated carbocycles. The Morgan fingerprint density at radius 1 is 0.809 bits per heavy atom. The number of carbonyl (C=O) groups excluding carboxylic acids is 4. The molecule has 4 amide bonds. The van der Waals surface area contributed by atoms with Crippen LogP contribution in [0.4, 0.5) is 0 Å². The van der Waals surface area contributed by atoms with Gasteiger partial charge >= 0.3 is 0 Å². The van der Waals surface area contributed by atoms with E-state index in [1.165, 1.54) is 12.3 Å². The van der Waals surface area contributed by atoms with E-state index in [1.807, 2.05) is 0 Å². The van der Waals surface area contributed by atoms with Gasteiger partial charge in [0.1, 0.15) is 12.1 Å². The number of nitrogens with one attached hydrogen (secondary N) is 5. The number of primary amides is 1. The van der Waals surface area contributed by atoms with Gasteiger partial charge in [0.05, 0.1) is 18.0 Å². The van der Waals surface area contributed by atoms with Gasteiger partial charge in [0.15, 0.2) is 11.9 Å². The molecule has 1 heterocycles. The highest BCUT2D eigenvalue weighted by molar-refractivity contribution is 7.89. The highest BCUT2D eigenvalue weighted by atomic mass is 32.2. The zero-order valence-electron chi connectivity index (χ0n) is 25.8. The van der Waals surface area contributed by atoms with Crippen molar-refractivity contribution in [1.82, 2.24) is 31.0 Å². The van der Waals surface area contributed by atoms with E-state index < -0.39 is 52.3 Å². The summed E-state index contributed by atoms with van der Waals surface area (Å²) in [6.45, 7) is -0.160. The van der Waals surface area contributed by atoms with Gasteiger partial charge in [-0.3, -0.25) is 34.1 Å². The number of aliphatic imine (C=N–C) groups is 2. The summed E-state index contributed by atoms with van der Waals surface area (Å²) >= 11 is 0. The maximum atomic E-state index is 13.0. The molecule has 0 aliphatic rings. The molecule has 1 aromatic heterocycles. The van der Waals surface area contributed by atoms with E-state index in [2.05, 4.69) is 41.0 Å². The van der Waals surface area contributed by atoms with Gasteiger partial charge in [-0.15, -0.1) is 0 Å². The highest BCUT2D eigenvalue weighted by Crippen LogP contribution is 2.21. The Labute approximate surface area is 272 Å². The second-order valence-corrected chi connectivity index (χ2v) is 11.9. The van der Waals surface area contributed by atoms with Gasteiger partial charge in [-0.05, 0) is 37.8 Å². The van der Waals surface area contributed by atoms with Crippen molar-refractivity contribution in [2.75, 3.05) is 39.3 Å². The molecule has 0 fully saturated rings. The second kappa shape index (κ2) is 19.4. The zero-order valence-corrected chi connectivity index (χ0v) is 26.6. The van der Waals surface area contributed by atoms with Gasteiger partial charge in [0, 0.05) is 49.3 Å². The zero-order chi connectivity index (χ0) is 34.8. The smallest absolute Gasteiger partial charge is 0.243 e. The summed E-state index contributed by atoms with van der Waals surface area (Å²) in [6.07, 6.45) is 3.99. The van der Waals surface area contributed by atoms with Crippen LogP contribution in [0.2, 0.25) is 0 Å². The molecule has 2 rings (SSSR count). The number of hydrogen-bond acceptors (Lipinski definition) is 10. The van der Waals surface area contributed by atoms with Crippen molar-refractivity contribution in [1.29, 1.82) is 0 Å². The van der Waals surface area contributed by atoms with Crippen molar-refractivity contribution in [2.45, 2.75) is 42.7 Å². The molecule has 0 aliphatic carbocycles. The summed E-state index contributed by atoms with van der Waals surface area (Å²) in [5.41, 5.74) is 26.7. The minimum absolute atomic E-state index is 0.00516. The number of amides is 4. The molecule has 2 aromatic rings. The number of guanidine groups is 2. The quantitative estimate of drug-likeness (QED) is 0.0341. The minimum Gasteiger partial charge on any atom is -0.370 e. The van der Waals surface area contributed by atoms with Crippen LogP contribution in [0.15, 0.2) is 51.5 Å². The average Bonchev–Trinajstić information content (AvgIpc) is 3.01. The minimum atomic E-state index is -3.83. The molecule has 0 radical (unpaired) electrons. The molecule has 258 valence electrons. The summed E-state index contributed by atoms with van der Waals surface area (Å²) in [5, 5.41) is 11.5. The molecule has 0 unspecified atom stereocenters. The van der Waals surface area contributed by atoms with Crippen molar-refractivity contribution in [2.24, 2.45) is 38.7 Å². The van der Waals surface area contributed by atoms with Crippen LogP contribution in [0.25, 0.3) is 10.8 Å². The van der Waals surface area contributed by atoms with E-state index in [9.17, 15) is 27.6 Å². The van der Waals surface area contributed by atoms with Crippen molar-refractivity contribution in [3.8, 4) is 0 Å². The fraction of sp³-hybridized carbons (Fsp3) is 0.444. The maximum absolute atomic E-state index is 13.0. The van der Waals surface area contributed by atoms with Crippen LogP contribution in [-0.4, -0.2) is 100 Å². The number of aromatic nitrogens is 1. The molecule has 15 N–H and O–H groups in total. The third kappa shape index (κ3) is 14.3. The maximum Gasteiger partial charge on any atom is 0.243 e. The number of sulfonamides is 1. The first kappa shape index (κ1) is 38.1. The second-order valence-electron chi connectivity index (χ2n) is 10.2. The molecule has 0 spiro atoms. The van der Waals surface area contributed by atoms with Crippen LogP contribution in [0.1, 0.15) is 25.7 Å². The number of pyridine rings is 1. The van der Waals surface area contributed by atoms with Crippen LogP contribution in [0.5, 0.6) is 0 Å². The van der Waals surface area contributed by atoms with E-state index in [4.69, 9.17) is 28.7 Å². The molecular formula is C27H43N13O6S. The lowest BCUT2D eigenvalue weighted by molar-refractivity contribution is -0.132. The lowest BCUT2D eigenvalue weighted by Gasteiger charge is -2.22. The van der Waals surface area contributed by atoms with Gasteiger partial charge in [-0.25, -0.2) is 13.1 Å². The van der Waals surface area contributed by atoms with Crippen molar-refractivity contribution in [3.63, 3.8) is 0 Å². The van der Waals surface area contributed by atoms with Crippen molar-refractivity contribution >= 4 is 56.3 Å². The Bertz CT molecular complexity index is 1540. The SMILES string of the molecule is NC(=O)[C@@H](CCCN=C(N)N)NC(=O)[C@@H](CCCN=C(N)N)NC(=O)CNC(=O)CNCCNS(=O)(=O)c1cccc2cnccc12. The van der Waals surface area contributed by atoms with E-state index in [-0.39, 0.29) is 62.4 Å². The van der Waals surface area contributed by atoms with Gasteiger partial charge in [-0.1, -0.05) is 12.1 Å². The Kier molecular flexibility index (Phi) is 15.8. The fourth-order valence-electron chi connectivity index (χ4n) is 4.20. The van der Waals surface area contributed by atoms with Crippen LogP contribution >= 0.6 is 0 Å². The first-order valence-electron chi connectivity index (χ1n) is 14.6. The van der Waals surface area contributed by atoms with E-state index in [0.29, 0.717) is 23.6 Å². The topological polar surface area (TPSA) is 330 Å². The third-order valence-electron chi connectivity index (χ3n) is 6.46. The Morgan fingerprint density at radius 2 is 1.47 bits per heavy atom. The van der Waals surface area contributed by atoms with E-state index in [1.54, 1.807) is 24.4 Å². The number of carbonyl (C=O) groups is 4. The largest absolute Gasteiger partial charge is 0.370 e. The van der Waals surface area contributed by atoms with Crippen molar-refractivity contribution < 1.29 is 27.6 Å². The van der Waals surface area contributed by atoms with Gasteiger partial charge < -0.3 is 49.9 Å². The molecule has 0 saturated heterocycles. The molecule has 1 aromatic carbocycles. The molecule has 20 heteroatoms. The number of hydrogen-bond donors (Lipinski definition) is 10. The molecule has 0 aliphatic heterocycles. The molecule has 19 nitrogen and oxygen atoms in total. The highest BCUT2D eigenvalue weighted by Gasteiger charge is 2.25. The van der Waals surface area contributed by atoms with Crippen molar-refractivity contribution in [3.05, 3.63) is 36.7 Å². The number of nitrogens with two attached hydrogens (primary N) is 5. The first-order valence-corrected chi connectivity index (χ1v) is 16.1. The predicted octanol–water partition coefficient (Wildman–Crippen LogP) is -4.22.